The van der Waals surface area contributed by atoms with Crippen LogP contribution in [0.1, 0.15) is 66.3 Å². The van der Waals surface area contributed by atoms with Crippen LogP contribution in [0, 0.1) is 18.3 Å². The summed E-state index contributed by atoms with van der Waals surface area (Å²) in [6.45, 7) is 5.08. The Morgan fingerprint density at radius 2 is 1.71 bits per heavy atom. The zero-order valence-electron chi connectivity index (χ0n) is 19.9. The molecule has 3 aliphatic heterocycles. The first kappa shape index (κ1) is 22.9. The molecule has 1 amide bonds. The maximum absolute atomic E-state index is 11.2. The first-order valence-corrected chi connectivity index (χ1v) is 12.6. The van der Waals surface area contributed by atoms with E-state index in [4.69, 9.17) is 0 Å². The molecule has 6 nitrogen and oxygen atoms in total. The van der Waals surface area contributed by atoms with Crippen molar-refractivity contribution in [1.82, 2.24) is 15.1 Å². The summed E-state index contributed by atoms with van der Waals surface area (Å²) < 4.78 is 0. The van der Waals surface area contributed by atoms with Gasteiger partial charge in [-0.2, -0.15) is 5.26 Å². The molecule has 34 heavy (non-hydrogen) atoms. The van der Waals surface area contributed by atoms with Gasteiger partial charge in [0, 0.05) is 36.6 Å². The summed E-state index contributed by atoms with van der Waals surface area (Å²) in [5, 5.41) is 21.2. The van der Waals surface area contributed by atoms with Crippen molar-refractivity contribution in [3.05, 3.63) is 70.8 Å². The lowest BCUT2D eigenvalue weighted by Crippen LogP contribution is -2.58. The van der Waals surface area contributed by atoms with E-state index in [2.05, 4.69) is 64.5 Å². The van der Waals surface area contributed by atoms with Crippen LogP contribution in [-0.2, 0) is 0 Å². The highest BCUT2D eigenvalue weighted by Gasteiger charge is 2.48. The number of benzene rings is 2. The van der Waals surface area contributed by atoms with Gasteiger partial charge in [-0.15, -0.1) is 0 Å². The summed E-state index contributed by atoms with van der Waals surface area (Å²) in [6.07, 6.45) is 4.46. The number of likely N-dealkylation sites (tertiary alicyclic amines) is 1. The lowest BCUT2D eigenvalue weighted by Gasteiger charge is -2.47. The van der Waals surface area contributed by atoms with Crippen molar-refractivity contribution in [1.29, 1.82) is 5.26 Å². The van der Waals surface area contributed by atoms with E-state index in [1.54, 1.807) is 0 Å². The molecule has 3 aliphatic rings. The number of hydrogen-bond acceptors (Lipinski definition) is 4. The fraction of sp³-hybridized carbons (Fsp3) is 0.500. The van der Waals surface area contributed by atoms with Crippen LogP contribution in [0.4, 0.5) is 4.79 Å². The second-order valence-electron chi connectivity index (χ2n) is 10.2. The van der Waals surface area contributed by atoms with Gasteiger partial charge in [0.1, 0.15) is 0 Å². The van der Waals surface area contributed by atoms with Gasteiger partial charge in [0.25, 0.3) is 0 Å². The number of fused-ring (bicyclic) bond motifs is 1. The lowest BCUT2D eigenvalue weighted by atomic mass is 9.85. The summed E-state index contributed by atoms with van der Waals surface area (Å²) in [6, 6.07) is 20.7. The number of carboxylic acid groups (broad SMARTS) is 1. The molecule has 3 fully saturated rings. The largest absolute Gasteiger partial charge is 0.465 e. The third kappa shape index (κ3) is 4.55. The molecule has 3 saturated heterocycles. The number of nitriles is 1. The summed E-state index contributed by atoms with van der Waals surface area (Å²) in [5.41, 5.74) is 4.65. The third-order valence-corrected chi connectivity index (χ3v) is 8.16. The van der Waals surface area contributed by atoms with Crippen molar-refractivity contribution in [3.63, 3.8) is 0 Å². The molecule has 3 heterocycles. The monoisotopic (exact) mass is 458 g/mol. The van der Waals surface area contributed by atoms with Crippen LogP contribution in [0.25, 0.3) is 0 Å². The van der Waals surface area contributed by atoms with E-state index in [1.165, 1.54) is 23.1 Å². The first-order chi connectivity index (χ1) is 16.5. The maximum atomic E-state index is 11.2. The third-order valence-electron chi connectivity index (χ3n) is 8.16. The van der Waals surface area contributed by atoms with Crippen molar-refractivity contribution in [2.24, 2.45) is 0 Å². The fourth-order valence-corrected chi connectivity index (χ4v) is 6.66. The normalized spacial score (nSPS) is 29.8. The van der Waals surface area contributed by atoms with E-state index in [0.29, 0.717) is 29.6 Å². The Balaban J connectivity index is 1.45. The van der Waals surface area contributed by atoms with E-state index in [0.717, 1.165) is 45.3 Å². The van der Waals surface area contributed by atoms with E-state index in [-0.39, 0.29) is 6.04 Å². The summed E-state index contributed by atoms with van der Waals surface area (Å²) in [4.78, 5) is 16.5. The van der Waals surface area contributed by atoms with Gasteiger partial charge in [-0.25, -0.2) is 4.79 Å². The second kappa shape index (κ2) is 9.77. The van der Waals surface area contributed by atoms with Gasteiger partial charge >= 0.3 is 6.09 Å². The molecule has 178 valence electrons. The minimum atomic E-state index is -0.918. The van der Waals surface area contributed by atoms with Gasteiger partial charge in [-0.3, -0.25) is 9.80 Å². The van der Waals surface area contributed by atoms with Crippen molar-refractivity contribution >= 4 is 6.09 Å². The Morgan fingerprint density at radius 3 is 2.41 bits per heavy atom. The van der Waals surface area contributed by atoms with Gasteiger partial charge in [0.2, 0.25) is 0 Å². The first-order valence-electron chi connectivity index (χ1n) is 12.6. The Bertz CT molecular complexity index is 1050. The number of nitrogens with zero attached hydrogens (tertiary/aromatic N) is 3. The second-order valence-corrected chi connectivity index (χ2v) is 10.2. The van der Waals surface area contributed by atoms with Gasteiger partial charge in [0.15, 0.2) is 0 Å². The number of aryl methyl sites for hydroxylation is 1. The van der Waals surface area contributed by atoms with Crippen LogP contribution >= 0.6 is 0 Å². The van der Waals surface area contributed by atoms with Crippen LogP contribution in [0.5, 0.6) is 0 Å². The number of piperidine rings is 2. The molecule has 5 unspecified atom stereocenters. The average Bonchev–Trinajstić information content (AvgIpc) is 3.24. The molecule has 5 atom stereocenters. The van der Waals surface area contributed by atoms with Gasteiger partial charge < -0.3 is 10.4 Å². The van der Waals surface area contributed by atoms with Crippen LogP contribution in [-0.4, -0.2) is 58.8 Å². The van der Waals surface area contributed by atoms with E-state index in [9.17, 15) is 15.2 Å². The molecule has 0 spiro atoms. The number of amides is 1. The topological polar surface area (TPSA) is 79.6 Å². The Kier molecular flexibility index (Phi) is 6.58. The Hall–Kier alpha value is -2.88. The summed E-state index contributed by atoms with van der Waals surface area (Å²) in [5.74, 6) is 0.374. The van der Waals surface area contributed by atoms with Crippen molar-refractivity contribution in [3.8, 4) is 6.07 Å². The molecule has 0 aromatic heterocycles. The average molecular weight is 459 g/mol. The molecule has 2 N–H and O–H groups in total. The van der Waals surface area contributed by atoms with Crippen molar-refractivity contribution in [2.75, 3.05) is 19.6 Å². The molecule has 0 aliphatic carbocycles. The van der Waals surface area contributed by atoms with Gasteiger partial charge in [-0.1, -0.05) is 42.0 Å². The number of rotatable bonds is 4. The highest BCUT2D eigenvalue weighted by molar-refractivity contribution is 5.64. The molecule has 6 heteroatoms. The smallest absolute Gasteiger partial charge is 0.404 e. The van der Waals surface area contributed by atoms with Crippen molar-refractivity contribution < 1.29 is 9.90 Å². The van der Waals surface area contributed by atoms with E-state index >= 15 is 0 Å². The van der Waals surface area contributed by atoms with Crippen LogP contribution in [0.3, 0.4) is 0 Å². The zero-order chi connectivity index (χ0) is 23.7. The van der Waals surface area contributed by atoms with Crippen molar-refractivity contribution in [2.45, 2.75) is 69.1 Å². The number of carbonyl (C=O) groups is 1. The fourth-order valence-electron chi connectivity index (χ4n) is 6.66. The van der Waals surface area contributed by atoms with E-state index < -0.39 is 6.09 Å². The molecule has 5 rings (SSSR count). The molecule has 0 bridgehead atoms. The van der Waals surface area contributed by atoms with Crippen LogP contribution in [0.15, 0.2) is 48.5 Å². The van der Waals surface area contributed by atoms with Gasteiger partial charge in [0.05, 0.1) is 11.6 Å². The van der Waals surface area contributed by atoms with Gasteiger partial charge in [-0.05, 0) is 75.4 Å². The number of nitrogens with one attached hydrogen (secondary N) is 1. The lowest BCUT2D eigenvalue weighted by molar-refractivity contribution is 0.0278. The Morgan fingerprint density at radius 1 is 1.00 bits per heavy atom. The minimum Gasteiger partial charge on any atom is -0.465 e. The number of hydrogen-bond donors (Lipinski definition) is 2. The van der Waals surface area contributed by atoms with Crippen LogP contribution < -0.4 is 5.32 Å². The van der Waals surface area contributed by atoms with Crippen LogP contribution in [0.2, 0.25) is 0 Å². The molecular weight excluding hydrogens is 424 g/mol. The zero-order valence-corrected chi connectivity index (χ0v) is 19.9. The molecule has 0 saturated carbocycles. The Labute approximate surface area is 202 Å². The minimum absolute atomic E-state index is 0.0187. The summed E-state index contributed by atoms with van der Waals surface area (Å²) in [7, 11) is 0. The molecule has 2 aromatic rings. The standard InChI is InChI=1S/C28H34N4O2/c1-19-6-10-22(11-7-19)27-24(21-12-8-20(17-29)9-13-21)16-26-25(5-3-15-32(26)27)31-14-2-4-23(18-31)30-28(33)34/h6-13,23-27,30H,2-5,14-16,18H2,1H3,(H,33,34). The van der Waals surface area contributed by atoms with E-state index in [1.807, 2.05) is 12.1 Å². The molecule has 0 radical (unpaired) electrons. The predicted octanol–water partition coefficient (Wildman–Crippen LogP) is 4.66. The quantitative estimate of drug-likeness (QED) is 0.697. The maximum Gasteiger partial charge on any atom is 0.404 e. The summed E-state index contributed by atoms with van der Waals surface area (Å²) >= 11 is 0. The predicted molar refractivity (Wildman–Crippen MR) is 132 cm³/mol. The molecule has 2 aromatic carbocycles. The highest BCUT2D eigenvalue weighted by Crippen LogP contribution is 2.50. The highest BCUT2D eigenvalue weighted by atomic mass is 16.4. The SMILES string of the molecule is Cc1ccc(C2C(c3ccc(C#N)cc3)CC3C(N4CCCC(NC(=O)O)C4)CCCN32)cc1. The molecular formula is C28H34N4O2.